The van der Waals surface area contributed by atoms with Gasteiger partial charge in [-0.25, -0.2) is 4.98 Å². The van der Waals surface area contributed by atoms with Gasteiger partial charge in [0.15, 0.2) is 11.2 Å². The number of rotatable bonds is 5. The first-order valence-corrected chi connectivity index (χ1v) is 9.91. The van der Waals surface area contributed by atoms with Gasteiger partial charge in [-0.1, -0.05) is 38.1 Å². The highest BCUT2D eigenvalue weighted by molar-refractivity contribution is 6.02. The molecule has 1 amide bonds. The number of aryl methyl sites for hydroxylation is 1. The lowest BCUT2D eigenvalue weighted by molar-refractivity contribution is -0.111. The van der Waals surface area contributed by atoms with Crippen molar-refractivity contribution in [3.63, 3.8) is 0 Å². The van der Waals surface area contributed by atoms with Gasteiger partial charge in [-0.15, -0.1) is 0 Å². The van der Waals surface area contributed by atoms with Gasteiger partial charge >= 0.3 is 0 Å². The molecule has 0 spiro atoms. The second-order valence-electron chi connectivity index (χ2n) is 7.52. The van der Waals surface area contributed by atoms with Gasteiger partial charge in [-0.05, 0) is 65.9 Å². The van der Waals surface area contributed by atoms with E-state index in [1.807, 2.05) is 55.5 Å². The number of carbonyl (C=O) groups is 1. The zero-order chi connectivity index (χ0) is 21.1. The molecule has 0 aliphatic rings. The fraction of sp³-hybridized carbons (Fsp3) is 0.160. The molecule has 30 heavy (non-hydrogen) atoms. The maximum atomic E-state index is 12.3. The van der Waals surface area contributed by atoms with Crippen LogP contribution in [0.15, 0.2) is 71.3 Å². The first-order chi connectivity index (χ1) is 14.5. The van der Waals surface area contributed by atoms with E-state index in [4.69, 9.17) is 4.42 Å². The number of fused-ring (bicyclic) bond motifs is 1. The average molecular weight is 397 g/mol. The summed E-state index contributed by atoms with van der Waals surface area (Å²) in [5.74, 6) is 0.822. The summed E-state index contributed by atoms with van der Waals surface area (Å²) in [5, 5.41) is 2.93. The molecule has 0 atom stereocenters. The highest BCUT2D eigenvalue weighted by Gasteiger charge is 2.11. The Hall–Kier alpha value is -3.73. The van der Waals surface area contributed by atoms with E-state index >= 15 is 0 Å². The third-order valence-corrected chi connectivity index (χ3v) is 4.93. The number of anilines is 1. The Morgan fingerprint density at radius 2 is 1.90 bits per heavy atom. The van der Waals surface area contributed by atoms with Crippen molar-refractivity contribution < 1.29 is 9.21 Å². The average Bonchev–Trinajstić information content (AvgIpc) is 3.18. The number of carbonyl (C=O) groups excluding carboxylic acids is 1. The summed E-state index contributed by atoms with van der Waals surface area (Å²) in [7, 11) is 0. The lowest BCUT2D eigenvalue weighted by Gasteiger charge is -2.08. The predicted octanol–water partition coefficient (Wildman–Crippen LogP) is 5.97. The zero-order valence-electron chi connectivity index (χ0n) is 17.2. The van der Waals surface area contributed by atoms with Crippen LogP contribution in [-0.4, -0.2) is 15.9 Å². The maximum Gasteiger partial charge on any atom is 0.248 e. The summed E-state index contributed by atoms with van der Waals surface area (Å²) in [6.07, 6.45) is 5.05. The molecule has 2 heterocycles. The Labute approximate surface area is 175 Å². The topological polar surface area (TPSA) is 68.0 Å². The van der Waals surface area contributed by atoms with E-state index in [1.165, 1.54) is 5.56 Å². The number of hydrogen-bond donors (Lipinski definition) is 1. The summed E-state index contributed by atoms with van der Waals surface area (Å²) in [6, 6.07) is 17.5. The summed E-state index contributed by atoms with van der Waals surface area (Å²) in [4.78, 5) is 21.0. The van der Waals surface area contributed by atoms with Gasteiger partial charge in [0.1, 0.15) is 0 Å². The SMILES string of the molecule is Cc1cc(-c2nc3ncccc3o2)ccc1NC(=O)/C=C/c1ccc(C(C)C)cc1. The number of aromatic nitrogens is 2. The van der Waals surface area contributed by atoms with Crippen molar-refractivity contribution >= 4 is 28.9 Å². The van der Waals surface area contributed by atoms with Crippen LogP contribution in [0.4, 0.5) is 5.69 Å². The van der Waals surface area contributed by atoms with Gasteiger partial charge in [-0.2, -0.15) is 4.98 Å². The monoisotopic (exact) mass is 397 g/mol. The molecule has 4 aromatic rings. The second-order valence-corrected chi connectivity index (χ2v) is 7.52. The van der Waals surface area contributed by atoms with Crippen LogP contribution in [-0.2, 0) is 4.79 Å². The van der Waals surface area contributed by atoms with Crippen LogP contribution in [0.2, 0.25) is 0 Å². The molecule has 5 nitrogen and oxygen atoms in total. The predicted molar refractivity (Wildman–Crippen MR) is 120 cm³/mol. The van der Waals surface area contributed by atoms with E-state index in [1.54, 1.807) is 12.3 Å². The number of amides is 1. The molecule has 0 fully saturated rings. The van der Waals surface area contributed by atoms with E-state index in [0.29, 0.717) is 23.0 Å². The zero-order valence-corrected chi connectivity index (χ0v) is 17.2. The van der Waals surface area contributed by atoms with Gasteiger partial charge in [0, 0.05) is 23.5 Å². The highest BCUT2D eigenvalue weighted by Crippen LogP contribution is 2.27. The number of hydrogen-bond acceptors (Lipinski definition) is 4. The molecule has 4 rings (SSSR count). The van der Waals surface area contributed by atoms with E-state index in [2.05, 4.69) is 41.3 Å². The Kier molecular flexibility index (Phi) is 5.44. The van der Waals surface area contributed by atoms with E-state index in [0.717, 1.165) is 22.4 Å². The molecule has 0 aliphatic carbocycles. The Morgan fingerprint density at radius 3 is 2.60 bits per heavy atom. The minimum Gasteiger partial charge on any atom is -0.434 e. The normalized spacial score (nSPS) is 11.5. The molecule has 0 aliphatic heterocycles. The van der Waals surface area contributed by atoms with E-state index < -0.39 is 0 Å². The molecule has 0 saturated heterocycles. The Balaban J connectivity index is 1.46. The van der Waals surface area contributed by atoms with Crippen molar-refractivity contribution in [2.75, 3.05) is 5.32 Å². The standard InChI is InChI=1S/C25H23N3O2/c1-16(2)19-9-6-18(7-10-19)8-13-23(29)27-21-12-11-20(15-17(21)3)25-28-24-22(30-25)5-4-14-26-24/h4-16H,1-3H3,(H,27,29)/b13-8+. The van der Waals surface area contributed by atoms with Crippen LogP contribution < -0.4 is 5.32 Å². The molecule has 5 heteroatoms. The van der Waals surface area contributed by atoms with Crippen molar-refractivity contribution in [3.8, 4) is 11.5 Å². The number of nitrogens with zero attached hydrogens (tertiary/aromatic N) is 2. The van der Waals surface area contributed by atoms with Crippen molar-refractivity contribution in [1.29, 1.82) is 0 Å². The smallest absolute Gasteiger partial charge is 0.248 e. The minimum atomic E-state index is -0.176. The third-order valence-electron chi connectivity index (χ3n) is 4.93. The molecule has 2 aromatic carbocycles. The number of pyridine rings is 1. The molecule has 150 valence electrons. The van der Waals surface area contributed by atoms with Crippen LogP contribution in [0.5, 0.6) is 0 Å². The minimum absolute atomic E-state index is 0.176. The molecular formula is C25H23N3O2. The second kappa shape index (κ2) is 8.33. The Morgan fingerprint density at radius 1 is 1.10 bits per heavy atom. The summed E-state index contributed by atoms with van der Waals surface area (Å²) in [5.41, 5.74) is 6.00. The molecule has 0 radical (unpaired) electrons. The molecule has 1 N–H and O–H groups in total. The summed E-state index contributed by atoms with van der Waals surface area (Å²) < 4.78 is 5.77. The first kappa shape index (κ1) is 19.6. The highest BCUT2D eigenvalue weighted by atomic mass is 16.3. The van der Waals surface area contributed by atoms with Crippen molar-refractivity contribution in [2.45, 2.75) is 26.7 Å². The van der Waals surface area contributed by atoms with Crippen LogP contribution in [0, 0.1) is 6.92 Å². The van der Waals surface area contributed by atoms with E-state index in [-0.39, 0.29) is 5.91 Å². The van der Waals surface area contributed by atoms with Gasteiger partial charge < -0.3 is 9.73 Å². The van der Waals surface area contributed by atoms with Gasteiger partial charge in [0.25, 0.3) is 0 Å². The molecule has 0 bridgehead atoms. The van der Waals surface area contributed by atoms with Gasteiger partial charge in [0.2, 0.25) is 11.8 Å². The first-order valence-electron chi connectivity index (χ1n) is 9.91. The van der Waals surface area contributed by atoms with Crippen molar-refractivity contribution in [2.24, 2.45) is 0 Å². The van der Waals surface area contributed by atoms with Crippen molar-refractivity contribution in [1.82, 2.24) is 9.97 Å². The summed E-state index contributed by atoms with van der Waals surface area (Å²) >= 11 is 0. The van der Waals surface area contributed by atoms with Crippen LogP contribution in [0.1, 0.15) is 36.5 Å². The quantitative estimate of drug-likeness (QED) is 0.421. The molecule has 0 saturated carbocycles. The molecule has 0 unspecified atom stereocenters. The van der Waals surface area contributed by atoms with E-state index in [9.17, 15) is 4.79 Å². The lowest BCUT2D eigenvalue weighted by atomic mass is 10.0. The van der Waals surface area contributed by atoms with Crippen LogP contribution >= 0.6 is 0 Å². The lowest BCUT2D eigenvalue weighted by Crippen LogP contribution is -2.08. The third kappa shape index (κ3) is 4.30. The van der Waals surface area contributed by atoms with Crippen LogP contribution in [0.25, 0.3) is 28.8 Å². The van der Waals surface area contributed by atoms with Gasteiger partial charge in [0.05, 0.1) is 0 Å². The summed E-state index contributed by atoms with van der Waals surface area (Å²) in [6.45, 7) is 6.26. The Bertz CT molecular complexity index is 1190. The molecule has 2 aromatic heterocycles. The number of oxazole rings is 1. The fourth-order valence-electron chi connectivity index (χ4n) is 3.17. The van der Waals surface area contributed by atoms with Gasteiger partial charge in [-0.3, -0.25) is 4.79 Å². The number of benzene rings is 2. The van der Waals surface area contributed by atoms with Crippen molar-refractivity contribution in [3.05, 3.63) is 83.6 Å². The number of nitrogens with one attached hydrogen (secondary N) is 1. The largest absolute Gasteiger partial charge is 0.434 e. The van der Waals surface area contributed by atoms with Crippen LogP contribution in [0.3, 0.4) is 0 Å². The fourth-order valence-corrected chi connectivity index (χ4v) is 3.17. The maximum absolute atomic E-state index is 12.3. The molecular weight excluding hydrogens is 374 g/mol.